The minimum atomic E-state index is -1.50. The molecule has 2 aliphatic carbocycles. The molecule has 0 bridgehead atoms. The first-order valence-corrected chi connectivity index (χ1v) is 17.7. The van der Waals surface area contributed by atoms with Gasteiger partial charge >= 0.3 is 0 Å². The summed E-state index contributed by atoms with van der Waals surface area (Å²) >= 11 is 19.5. The number of imide groups is 2. The first kappa shape index (κ1) is 33.5. The summed E-state index contributed by atoms with van der Waals surface area (Å²) in [7, 11) is 1.40. The van der Waals surface area contributed by atoms with E-state index in [2.05, 4.69) is 0 Å². The summed E-state index contributed by atoms with van der Waals surface area (Å²) in [6.45, 7) is 1.84. The van der Waals surface area contributed by atoms with Crippen molar-refractivity contribution in [3.05, 3.63) is 128 Å². The molecule has 2 saturated heterocycles. The smallest absolute Gasteiger partial charge is 0.246 e. The van der Waals surface area contributed by atoms with Crippen molar-refractivity contribution in [1.82, 2.24) is 0 Å². The van der Waals surface area contributed by atoms with Crippen molar-refractivity contribution < 1.29 is 29.0 Å². The predicted molar refractivity (Wildman–Crippen MR) is 194 cm³/mol. The zero-order chi connectivity index (χ0) is 35.9. The largest absolute Gasteiger partial charge is 0.503 e. The molecule has 11 heteroatoms. The van der Waals surface area contributed by atoms with E-state index in [9.17, 15) is 19.5 Å². The minimum Gasteiger partial charge on any atom is -0.503 e. The number of hydrogen-bond acceptors (Lipinski definition) is 6. The van der Waals surface area contributed by atoms with E-state index in [0.717, 1.165) is 11.1 Å². The Balaban J connectivity index is 1.37. The third-order valence-corrected chi connectivity index (χ3v) is 12.1. The Kier molecular flexibility index (Phi) is 8.05. The van der Waals surface area contributed by atoms with Gasteiger partial charge in [0.1, 0.15) is 0 Å². The molecule has 258 valence electrons. The molecule has 0 spiro atoms. The standard InChI is InChI=1S/C40H31Cl3N2O6/c1-20-11-12-25(18-30(20)42)44-36(47)27-14-13-26-28(33(27)38(44)49)19-29-37(48)45(24-10-6-9-23(41)17-24)39(50)40(29,22-7-4-3-5-8-22)34(26)21-15-31(43)35(46)32(16-21)51-2/h3-13,15-18,27-29,33-34,46H,14,19H2,1-2H3. The second-order valence-corrected chi connectivity index (χ2v) is 14.8. The lowest BCUT2D eigenvalue weighted by Crippen LogP contribution is -2.53. The molecular weight excluding hydrogens is 711 g/mol. The number of methoxy groups -OCH3 is 1. The highest BCUT2D eigenvalue weighted by molar-refractivity contribution is 6.33. The average Bonchev–Trinajstić information content (AvgIpc) is 3.51. The van der Waals surface area contributed by atoms with E-state index in [1.54, 1.807) is 54.6 Å². The van der Waals surface area contributed by atoms with Crippen molar-refractivity contribution in [2.24, 2.45) is 23.7 Å². The van der Waals surface area contributed by atoms with Crippen LogP contribution in [0.4, 0.5) is 11.4 Å². The van der Waals surface area contributed by atoms with Crippen LogP contribution in [-0.2, 0) is 24.6 Å². The molecule has 8 nitrogen and oxygen atoms in total. The van der Waals surface area contributed by atoms with Gasteiger partial charge in [-0.3, -0.25) is 19.2 Å². The topological polar surface area (TPSA) is 104 Å². The van der Waals surface area contributed by atoms with Crippen LogP contribution in [0.15, 0.2) is 96.6 Å². The molecule has 2 heterocycles. The monoisotopic (exact) mass is 740 g/mol. The number of phenols is 1. The van der Waals surface area contributed by atoms with Crippen LogP contribution >= 0.6 is 34.8 Å². The number of nitrogens with zero attached hydrogens (tertiary/aromatic N) is 2. The van der Waals surface area contributed by atoms with Crippen LogP contribution in [0.2, 0.25) is 15.1 Å². The third-order valence-electron chi connectivity index (χ3n) is 11.2. The van der Waals surface area contributed by atoms with Crippen molar-refractivity contribution >= 4 is 69.8 Å². The summed E-state index contributed by atoms with van der Waals surface area (Å²) < 4.78 is 5.53. The van der Waals surface area contributed by atoms with Crippen LogP contribution in [0.25, 0.3) is 0 Å². The normalized spacial score (nSPS) is 26.9. The number of aromatic hydroxyl groups is 1. The Morgan fingerprint density at radius 1 is 0.784 bits per heavy atom. The Morgan fingerprint density at radius 2 is 1.53 bits per heavy atom. The molecule has 0 aromatic heterocycles. The number of amides is 4. The van der Waals surface area contributed by atoms with Crippen molar-refractivity contribution in [3.8, 4) is 11.5 Å². The zero-order valence-electron chi connectivity index (χ0n) is 27.5. The molecule has 51 heavy (non-hydrogen) atoms. The van der Waals surface area contributed by atoms with Gasteiger partial charge in [-0.1, -0.05) is 88.9 Å². The van der Waals surface area contributed by atoms with Gasteiger partial charge in [0.15, 0.2) is 11.5 Å². The van der Waals surface area contributed by atoms with Crippen molar-refractivity contribution in [1.29, 1.82) is 0 Å². The Labute approximate surface area is 309 Å². The second-order valence-electron chi connectivity index (χ2n) is 13.6. The van der Waals surface area contributed by atoms with Crippen molar-refractivity contribution in [3.63, 3.8) is 0 Å². The molecule has 2 aliphatic heterocycles. The quantitative estimate of drug-likeness (QED) is 0.164. The van der Waals surface area contributed by atoms with Gasteiger partial charge < -0.3 is 9.84 Å². The maximum absolute atomic E-state index is 15.4. The lowest BCUT2D eigenvalue weighted by Gasteiger charge is -2.50. The number of carbonyl (C=O) groups is 4. The number of allylic oxidation sites excluding steroid dienone is 2. The number of hydrogen-bond donors (Lipinski definition) is 1. The minimum absolute atomic E-state index is 0.00136. The number of phenolic OH excluding ortho intramolecular Hbond substituents is 1. The molecule has 0 radical (unpaired) electrons. The van der Waals surface area contributed by atoms with Crippen molar-refractivity contribution in [2.45, 2.75) is 31.1 Å². The molecule has 3 fully saturated rings. The molecule has 4 aromatic carbocycles. The molecule has 8 rings (SSSR count). The van der Waals surface area contributed by atoms with Crippen LogP contribution in [0.5, 0.6) is 11.5 Å². The van der Waals surface area contributed by atoms with Crippen LogP contribution in [0.3, 0.4) is 0 Å². The van der Waals surface area contributed by atoms with Crippen LogP contribution in [0, 0.1) is 30.6 Å². The summed E-state index contributed by atoms with van der Waals surface area (Å²) in [5, 5.41) is 11.6. The van der Waals surface area contributed by atoms with E-state index in [1.807, 2.05) is 43.3 Å². The first-order valence-electron chi connectivity index (χ1n) is 16.6. The summed E-state index contributed by atoms with van der Waals surface area (Å²) in [5.74, 6) is -5.65. The average molecular weight is 742 g/mol. The maximum atomic E-state index is 15.4. The van der Waals surface area contributed by atoms with E-state index in [0.29, 0.717) is 32.5 Å². The molecule has 6 unspecified atom stereocenters. The summed E-state index contributed by atoms with van der Waals surface area (Å²) in [6, 6.07) is 24.1. The Bertz CT molecular complexity index is 2210. The number of ether oxygens (including phenoxy) is 1. The predicted octanol–water partition coefficient (Wildman–Crippen LogP) is 8.04. The van der Waals surface area contributed by atoms with Gasteiger partial charge in [0.25, 0.3) is 0 Å². The van der Waals surface area contributed by atoms with Gasteiger partial charge in [-0.25, -0.2) is 9.80 Å². The number of halogens is 3. The van der Waals surface area contributed by atoms with Crippen LogP contribution < -0.4 is 14.5 Å². The molecule has 6 atom stereocenters. The number of anilines is 2. The Morgan fingerprint density at radius 3 is 2.24 bits per heavy atom. The maximum Gasteiger partial charge on any atom is 0.246 e. The van der Waals surface area contributed by atoms with E-state index in [-0.39, 0.29) is 41.2 Å². The highest BCUT2D eigenvalue weighted by Gasteiger charge is 2.70. The second kappa shape index (κ2) is 12.3. The number of aryl methyl sites for hydroxylation is 1. The SMILES string of the molecule is COc1cc(C2C3=CCC4C(=O)N(c5ccc(C)c(Cl)c5)C(=O)C4C3CC3C(=O)N(c4cccc(Cl)c4)C(=O)C32c2ccccc2)cc(Cl)c1O. The van der Waals surface area contributed by atoms with E-state index in [4.69, 9.17) is 39.5 Å². The highest BCUT2D eigenvalue weighted by atomic mass is 35.5. The van der Waals surface area contributed by atoms with E-state index >= 15 is 4.79 Å². The molecule has 1 saturated carbocycles. The number of carbonyl (C=O) groups excluding carboxylic acids is 4. The molecule has 4 aromatic rings. The molecule has 4 amide bonds. The lowest BCUT2D eigenvalue weighted by molar-refractivity contribution is -0.127. The Hall–Kier alpha value is -4.63. The fourth-order valence-corrected chi connectivity index (χ4v) is 9.59. The van der Waals surface area contributed by atoms with Gasteiger partial charge in [0.2, 0.25) is 23.6 Å². The van der Waals surface area contributed by atoms with Gasteiger partial charge in [-0.2, -0.15) is 0 Å². The van der Waals surface area contributed by atoms with E-state index in [1.165, 1.54) is 16.9 Å². The lowest BCUT2D eigenvalue weighted by atomic mass is 9.49. The summed E-state index contributed by atoms with van der Waals surface area (Å²) in [4.78, 5) is 61.3. The first-order chi connectivity index (χ1) is 24.5. The van der Waals surface area contributed by atoms with Crippen LogP contribution in [-0.4, -0.2) is 35.8 Å². The number of fused-ring (bicyclic) bond motifs is 4. The van der Waals surface area contributed by atoms with Gasteiger partial charge in [-0.15, -0.1) is 0 Å². The van der Waals surface area contributed by atoms with E-state index < -0.39 is 46.8 Å². The molecule has 1 N–H and O–H groups in total. The number of benzene rings is 4. The van der Waals surface area contributed by atoms with Gasteiger partial charge in [0.05, 0.1) is 46.7 Å². The fourth-order valence-electron chi connectivity index (χ4n) is 9.01. The third kappa shape index (κ3) is 4.80. The zero-order valence-corrected chi connectivity index (χ0v) is 29.7. The summed E-state index contributed by atoms with van der Waals surface area (Å²) in [6.07, 6.45) is 2.33. The highest BCUT2D eigenvalue weighted by Crippen LogP contribution is 2.65. The molecule has 4 aliphatic rings. The van der Waals surface area contributed by atoms with Crippen molar-refractivity contribution in [2.75, 3.05) is 16.9 Å². The fraction of sp³-hybridized carbons (Fsp3) is 0.250. The van der Waals surface area contributed by atoms with Gasteiger partial charge in [0, 0.05) is 16.0 Å². The summed E-state index contributed by atoms with van der Waals surface area (Å²) in [5.41, 5.74) is 1.90. The van der Waals surface area contributed by atoms with Crippen LogP contribution in [0.1, 0.15) is 35.4 Å². The molecular formula is C40H31Cl3N2O6. The van der Waals surface area contributed by atoms with Gasteiger partial charge in [-0.05, 0) is 84.8 Å². The number of rotatable bonds is 5.